The first-order chi connectivity index (χ1) is 10.7. The molecule has 0 aromatic heterocycles. The molecule has 0 aliphatic carbocycles. The highest BCUT2D eigenvalue weighted by Crippen LogP contribution is 2.23. The summed E-state index contributed by atoms with van der Waals surface area (Å²) in [7, 11) is 1.70. The molecule has 1 unspecified atom stereocenters. The first kappa shape index (κ1) is 16.0. The van der Waals surface area contributed by atoms with Crippen molar-refractivity contribution in [2.24, 2.45) is 0 Å². The van der Waals surface area contributed by atoms with Crippen LogP contribution in [0.4, 0.5) is 4.79 Å². The van der Waals surface area contributed by atoms with Gasteiger partial charge in [-0.25, -0.2) is 4.79 Å². The molecule has 0 radical (unpaired) electrons. The molecule has 2 aromatic carbocycles. The van der Waals surface area contributed by atoms with E-state index in [0.29, 0.717) is 6.42 Å². The van der Waals surface area contributed by atoms with Gasteiger partial charge in [0.25, 0.3) is 0 Å². The number of aliphatic hydroxyl groups is 1. The van der Waals surface area contributed by atoms with Crippen molar-refractivity contribution in [2.75, 3.05) is 13.7 Å². The minimum absolute atomic E-state index is 0.00979. The van der Waals surface area contributed by atoms with Crippen LogP contribution >= 0.6 is 0 Å². The lowest BCUT2D eigenvalue weighted by atomic mass is 10.0. The number of carbonyl (C=O) groups is 1. The number of hydrogen-bond donors (Lipinski definition) is 1. The number of rotatable bonds is 6. The van der Waals surface area contributed by atoms with E-state index >= 15 is 0 Å². The molecule has 4 heteroatoms. The summed E-state index contributed by atoms with van der Waals surface area (Å²) in [5.41, 5.74) is 1.93. The maximum absolute atomic E-state index is 12.2. The number of aliphatic hydroxyl groups excluding tert-OH is 1. The van der Waals surface area contributed by atoms with Gasteiger partial charge in [-0.2, -0.15) is 0 Å². The van der Waals surface area contributed by atoms with E-state index in [4.69, 9.17) is 4.74 Å². The molecule has 0 spiro atoms. The van der Waals surface area contributed by atoms with E-state index in [9.17, 15) is 9.90 Å². The van der Waals surface area contributed by atoms with Gasteiger partial charge in [-0.3, -0.25) is 0 Å². The first-order valence-corrected chi connectivity index (χ1v) is 7.31. The van der Waals surface area contributed by atoms with E-state index in [1.807, 2.05) is 60.7 Å². The van der Waals surface area contributed by atoms with Crippen molar-refractivity contribution in [3.63, 3.8) is 0 Å². The maximum Gasteiger partial charge on any atom is 0.410 e. The van der Waals surface area contributed by atoms with E-state index in [2.05, 4.69) is 0 Å². The van der Waals surface area contributed by atoms with E-state index in [0.717, 1.165) is 11.1 Å². The van der Waals surface area contributed by atoms with E-state index in [1.165, 1.54) is 4.90 Å². The van der Waals surface area contributed by atoms with Crippen LogP contribution in [-0.4, -0.2) is 29.8 Å². The van der Waals surface area contributed by atoms with Crippen molar-refractivity contribution in [3.8, 4) is 0 Å². The molecule has 0 fully saturated rings. The third-order valence-electron chi connectivity index (χ3n) is 3.55. The summed E-state index contributed by atoms with van der Waals surface area (Å²) < 4.78 is 5.34. The number of nitrogens with zero attached hydrogens (tertiary/aromatic N) is 1. The van der Waals surface area contributed by atoms with Gasteiger partial charge in [0.1, 0.15) is 6.61 Å². The Kier molecular flexibility index (Phi) is 5.98. The molecule has 2 rings (SSSR count). The van der Waals surface area contributed by atoms with E-state index in [1.54, 1.807) is 7.05 Å². The summed E-state index contributed by atoms with van der Waals surface area (Å²) in [4.78, 5) is 13.8. The number of hydrogen-bond acceptors (Lipinski definition) is 3. The number of amides is 1. The summed E-state index contributed by atoms with van der Waals surface area (Å²) in [6.45, 7) is 0.251. The SMILES string of the molecule is CN(C(=O)OCc1ccccc1)C(CCO)c1ccccc1. The van der Waals surface area contributed by atoms with Gasteiger partial charge in [-0.15, -0.1) is 0 Å². The number of ether oxygens (including phenoxy) is 1. The number of carbonyl (C=O) groups excluding carboxylic acids is 1. The van der Waals surface area contributed by atoms with Crippen LogP contribution in [0.5, 0.6) is 0 Å². The van der Waals surface area contributed by atoms with Crippen LogP contribution in [0.15, 0.2) is 60.7 Å². The molecule has 0 aliphatic rings. The molecule has 1 N–H and O–H groups in total. The zero-order chi connectivity index (χ0) is 15.8. The molecule has 1 atom stereocenters. The lowest BCUT2D eigenvalue weighted by Gasteiger charge is -2.27. The summed E-state index contributed by atoms with van der Waals surface area (Å²) >= 11 is 0. The molecule has 0 aliphatic heterocycles. The Morgan fingerprint density at radius 2 is 1.68 bits per heavy atom. The van der Waals surface area contributed by atoms with Crippen molar-refractivity contribution in [2.45, 2.75) is 19.1 Å². The normalized spacial score (nSPS) is 11.7. The molecular weight excluding hydrogens is 278 g/mol. The van der Waals surface area contributed by atoms with Crippen molar-refractivity contribution < 1.29 is 14.6 Å². The predicted octanol–water partition coefficient (Wildman–Crippen LogP) is 3.38. The Labute approximate surface area is 131 Å². The molecule has 0 saturated heterocycles. The second kappa shape index (κ2) is 8.20. The highest BCUT2D eigenvalue weighted by Gasteiger charge is 2.22. The summed E-state index contributed by atoms with van der Waals surface area (Å²) in [6.07, 6.45) is 0.0761. The molecule has 1 amide bonds. The molecule has 116 valence electrons. The van der Waals surface area contributed by atoms with Crippen LogP contribution in [0.2, 0.25) is 0 Å². The van der Waals surface area contributed by atoms with Crippen LogP contribution in [0, 0.1) is 0 Å². The summed E-state index contributed by atoms with van der Waals surface area (Å²) in [6, 6.07) is 19.0. The Hall–Kier alpha value is -2.33. The monoisotopic (exact) mass is 299 g/mol. The smallest absolute Gasteiger partial charge is 0.410 e. The van der Waals surface area contributed by atoms with Crippen molar-refractivity contribution in [1.82, 2.24) is 4.90 Å². The molecule has 0 bridgehead atoms. The Bertz CT molecular complexity index is 571. The van der Waals surface area contributed by atoms with Gasteiger partial charge in [-0.05, 0) is 17.5 Å². The second-order valence-corrected chi connectivity index (χ2v) is 5.09. The fourth-order valence-electron chi connectivity index (χ4n) is 2.33. The third-order valence-corrected chi connectivity index (χ3v) is 3.55. The molecular formula is C18H21NO3. The van der Waals surface area contributed by atoms with Gasteiger partial charge >= 0.3 is 6.09 Å². The Morgan fingerprint density at radius 3 is 2.27 bits per heavy atom. The van der Waals surface area contributed by atoms with Gasteiger partial charge in [-0.1, -0.05) is 60.7 Å². The van der Waals surface area contributed by atoms with Crippen molar-refractivity contribution >= 4 is 6.09 Å². The Balaban J connectivity index is 2.00. The lowest BCUT2D eigenvalue weighted by molar-refractivity contribution is 0.0852. The van der Waals surface area contributed by atoms with Crippen LogP contribution in [-0.2, 0) is 11.3 Å². The van der Waals surface area contributed by atoms with Crippen molar-refractivity contribution in [3.05, 3.63) is 71.8 Å². The molecule has 22 heavy (non-hydrogen) atoms. The van der Waals surface area contributed by atoms with E-state index < -0.39 is 6.09 Å². The molecule has 0 saturated carbocycles. The first-order valence-electron chi connectivity index (χ1n) is 7.31. The van der Waals surface area contributed by atoms with Crippen LogP contribution < -0.4 is 0 Å². The standard InChI is InChI=1S/C18H21NO3/c1-19(17(12-13-20)16-10-6-3-7-11-16)18(21)22-14-15-8-4-2-5-9-15/h2-11,17,20H,12-14H2,1H3. The third kappa shape index (κ3) is 4.33. The summed E-state index contributed by atoms with van der Waals surface area (Å²) in [5.74, 6) is 0. The average molecular weight is 299 g/mol. The predicted molar refractivity (Wildman–Crippen MR) is 85.3 cm³/mol. The minimum atomic E-state index is -0.397. The van der Waals surface area contributed by atoms with Crippen LogP contribution in [0.25, 0.3) is 0 Å². The zero-order valence-corrected chi connectivity index (χ0v) is 12.7. The van der Waals surface area contributed by atoms with Crippen molar-refractivity contribution in [1.29, 1.82) is 0 Å². The average Bonchev–Trinajstić information content (AvgIpc) is 2.58. The summed E-state index contributed by atoms with van der Waals surface area (Å²) in [5, 5.41) is 9.26. The van der Waals surface area contributed by atoms with Gasteiger partial charge in [0.2, 0.25) is 0 Å². The second-order valence-electron chi connectivity index (χ2n) is 5.09. The molecule has 2 aromatic rings. The topological polar surface area (TPSA) is 49.8 Å². The van der Waals surface area contributed by atoms with Crippen LogP contribution in [0.1, 0.15) is 23.6 Å². The van der Waals surface area contributed by atoms with Crippen LogP contribution in [0.3, 0.4) is 0 Å². The minimum Gasteiger partial charge on any atom is -0.445 e. The molecule has 4 nitrogen and oxygen atoms in total. The van der Waals surface area contributed by atoms with Gasteiger partial charge < -0.3 is 14.7 Å². The largest absolute Gasteiger partial charge is 0.445 e. The van der Waals surface area contributed by atoms with E-state index in [-0.39, 0.29) is 19.3 Å². The highest BCUT2D eigenvalue weighted by molar-refractivity contribution is 5.68. The Morgan fingerprint density at radius 1 is 1.09 bits per heavy atom. The number of benzene rings is 2. The molecule has 0 heterocycles. The van der Waals surface area contributed by atoms with Gasteiger partial charge in [0.15, 0.2) is 0 Å². The lowest BCUT2D eigenvalue weighted by Crippen LogP contribution is -2.32. The quantitative estimate of drug-likeness (QED) is 0.889. The highest BCUT2D eigenvalue weighted by atomic mass is 16.6. The zero-order valence-electron chi connectivity index (χ0n) is 12.7. The van der Waals surface area contributed by atoms with Gasteiger partial charge in [0, 0.05) is 13.7 Å². The fourth-order valence-corrected chi connectivity index (χ4v) is 2.33. The maximum atomic E-state index is 12.2. The van der Waals surface area contributed by atoms with Gasteiger partial charge in [0.05, 0.1) is 6.04 Å². The fraction of sp³-hybridized carbons (Fsp3) is 0.278.